The Kier molecular flexibility index (Phi) is 5.00. The van der Waals surface area contributed by atoms with E-state index in [9.17, 15) is 0 Å². The molecule has 0 amide bonds. The van der Waals surface area contributed by atoms with Crippen molar-refractivity contribution in [3.63, 3.8) is 0 Å². The number of thiophene rings is 1. The number of nitrogens with one attached hydrogen (secondary N) is 1. The predicted octanol–water partition coefficient (Wildman–Crippen LogP) is 5.41. The van der Waals surface area contributed by atoms with Gasteiger partial charge in [0.05, 0.1) is 0 Å². The highest BCUT2D eigenvalue weighted by molar-refractivity contribution is 7.10. The zero-order chi connectivity index (χ0) is 14.7. The zero-order valence-corrected chi connectivity index (χ0v) is 13.9. The first-order chi connectivity index (χ1) is 9.49. The van der Waals surface area contributed by atoms with Crippen molar-refractivity contribution in [1.82, 2.24) is 5.32 Å². The van der Waals surface area contributed by atoms with Gasteiger partial charge in [0.15, 0.2) is 0 Å². The molecule has 108 valence electrons. The quantitative estimate of drug-likeness (QED) is 0.775. The van der Waals surface area contributed by atoms with E-state index in [1.54, 1.807) is 0 Å². The first-order valence-corrected chi connectivity index (χ1v) is 8.23. The summed E-state index contributed by atoms with van der Waals surface area (Å²) in [7, 11) is 0. The van der Waals surface area contributed by atoms with Crippen LogP contribution >= 0.6 is 11.3 Å². The van der Waals surface area contributed by atoms with Gasteiger partial charge in [-0.25, -0.2) is 0 Å². The number of aryl methyl sites for hydroxylation is 2. The normalized spacial score (nSPS) is 14.5. The van der Waals surface area contributed by atoms with E-state index >= 15 is 0 Å². The van der Waals surface area contributed by atoms with Gasteiger partial charge in [-0.15, -0.1) is 11.3 Å². The minimum Gasteiger partial charge on any atom is -0.302 e. The van der Waals surface area contributed by atoms with Crippen LogP contribution in [-0.4, -0.2) is 0 Å². The van der Waals surface area contributed by atoms with E-state index in [0.717, 1.165) is 0 Å². The Morgan fingerprint density at radius 1 is 1.05 bits per heavy atom. The lowest BCUT2D eigenvalue weighted by Gasteiger charge is -2.27. The van der Waals surface area contributed by atoms with Gasteiger partial charge in [0.1, 0.15) is 0 Å². The first kappa shape index (κ1) is 15.3. The molecule has 0 saturated heterocycles. The Bertz CT molecular complexity index is 543. The third-order valence-electron chi connectivity index (χ3n) is 3.85. The lowest BCUT2D eigenvalue weighted by atomic mass is 9.96. The monoisotopic (exact) mass is 287 g/mol. The molecular formula is C18H25NS. The maximum absolute atomic E-state index is 3.81. The molecule has 1 aromatic carbocycles. The molecule has 0 aliphatic carbocycles. The zero-order valence-electron chi connectivity index (χ0n) is 13.1. The summed E-state index contributed by atoms with van der Waals surface area (Å²) in [4.78, 5) is 1.43. The maximum Gasteiger partial charge on any atom is 0.0442 e. The summed E-state index contributed by atoms with van der Waals surface area (Å²) in [6.45, 7) is 11.2. The highest BCUT2D eigenvalue weighted by Crippen LogP contribution is 2.29. The van der Waals surface area contributed by atoms with Gasteiger partial charge >= 0.3 is 0 Å². The minimum atomic E-state index is 0.365. The van der Waals surface area contributed by atoms with Crippen molar-refractivity contribution in [2.45, 2.75) is 46.7 Å². The molecule has 0 saturated carbocycles. The van der Waals surface area contributed by atoms with Gasteiger partial charge in [0.25, 0.3) is 0 Å². The molecule has 2 atom stereocenters. The fourth-order valence-corrected chi connectivity index (χ4v) is 3.62. The molecule has 1 N–H and O–H groups in total. The standard InChI is InChI=1S/C18H25NS/c1-12(2)18(17-7-6-10-20-17)19-15(5)16-11-13(3)8-9-14(16)4/h6-12,15,18-19H,1-5H3. The molecule has 0 aliphatic heterocycles. The average Bonchev–Trinajstić information content (AvgIpc) is 2.91. The lowest BCUT2D eigenvalue weighted by Crippen LogP contribution is -2.28. The van der Waals surface area contributed by atoms with E-state index in [2.05, 4.69) is 75.6 Å². The van der Waals surface area contributed by atoms with Crippen LogP contribution in [0.2, 0.25) is 0 Å². The predicted molar refractivity (Wildman–Crippen MR) is 89.4 cm³/mol. The molecule has 2 aromatic rings. The molecule has 2 rings (SSSR count). The van der Waals surface area contributed by atoms with Crippen LogP contribution in [0.1, 0.15) is 54.4 Å². The van der Waals surface area contributed by atoms with Gasteiger partial charge in [-0.3, -0.25) is 0 Å². The molecule has 0 spiro atoms. The van der Waals surface area contributed by atoms with Gasteiger partial charge in [0.2, 0.25) is 0 Å². The Morgan fingerprint density at radius 3 is 2.40 bits per heavy atom. The fourth-order valence-electron chi connectivity index (χ4n) is 2.66. The second kappa shape index (κ2) is 6.55. The number of hydrogen-bond acceptors (Lipinski definition) is 2. The molecule has 1 aromatic heterocycles. The summed E-state index contributed by atoms with van der Waals surface area (Å²) in [5, 5.41) is 5.98. The van der Waals surface area contributed by atoms with Gasteiger partial charge in [0, 0.05) is 17.0 Å². The van der Waals surface area contributed by atoms with Gasteiger partial charge in [-0.1, -0.05) is 43.7 Å². The highest BCUT2D eigenvalue weighted by atomic mass is 32.1. The summed E-state index contributed by atoms with van der Waals surface area (Å²) in [5.41, 5.74) is 4.10. The molecule has 2 heteroatoms. The van der Waals surface area contributed by atoms with E-state index in [1.807, 2.05) is 11.3 Å². The Labute approximate surface area is 127 Å². The molecule has 1 nitrogen and oxygen atoms in total. The van der Waals surface area contributed by atoms with Crippen molar-refractivity contribution in [3.05, 3.63) is 57.3 Å². The molecule has 0 bridgehead atoms. The van der Waals surface area contributed by atoms with Gasteiger partial charge in [-0.05, 0) is 49.3 Å². The van der Waals surface area contributed by atoms with Crippen molar-refractivity contribution in [1.29, 1.82) is 0 Å². The summed E-state index contributed by atoms with van der Waals surface area (Å²) in [6, 6.07) is 11.9. The first-order valence-electron chi connectivity index (χ1n) is 7.35. The van der Waals surface area contributed by atoms with Crippen molar-refractivity contribution >= 4 is 11.3 Å². The summed E-state index contributed by atoms with van der Waals surface area (Å²) < 4.78 is 0. The number of hydrogen-bond donors (Lipinski definition) is 1. The second-order valence-corrected chi connectivity index (χ2v) is 6.96. The molecule has 20 heavy (non-hydrogen) atoms. The van der Waals surface area contributed by atoms with Crippen LogP contribution in [0.15, 0.2) is 35.7 Å². The van der Waals surface area contributed by atoms with Crippen molar-refractivity contribution in [2.24, 2.45) is 5.92 Å². The Balaban J connectivity index is 2.20. The molecule has 2 unspecified atom stereocenters. The number of rotatable bonds is 5. The summed E-state index contributed by atoms with van der Waals surface area (Å²) >= 11 is 1.84. The van der Waals surface area contributed by atoms with Gasteiger partial charge < -0.3 is 5.32 Å². The third-order valence-corrected chi connectivity index (χ3v) is 4.80. The van der Waals surface area contributed by atoms with E-state index in [0.29, 0.717) is 18.0 Å². The third kappa shape index (κ3) is 3.50. The Morgan fingerprint density at radius 2 is 1.80 bits per heavy atom. The number of benzene rings is 1. The summed E-state index contributed by atoms with van der Waals surface area (Å²) in [6.07, 6.45) is 0. The smallest absolute Gasteiger partial charge is 0.0442 e. The summed E-state index contributed by atoms with van der Waals surface area (Å²) in [5.74, 6) is 0.584. The van der Waals surface area contributed by atoms with E-state index in [4.69, 9.17) is 0 Å². The molecule has 0 radical (unpaired) electrons. The van der Waals surface area contributed by atoms with Crippen LogP contribution in [0.5, 0.6) is 0 Å². The van der Waals surface area contributed by atoms with Crippen molar-refractivity contribution < 1.29 is 0 Å². The van der Waals surface area contributed by atoms with E-state index in [1.165, 1.54) is 21.6 Å². The molecule has 0 fully saturated rings. The van der Waals surface area contributed by atoms with Crippen LogP contribution in [0.3, 0.4) is 0 Å². The van der Waals surface area contributed by atoms with Gasteiger partial charge in [-0.2, -0.15) is 0 Å². The van der Waals surface area contributed by atoms with Crippen LogP contribution in [0.25, 0.3) is 0 Å². The maximum atomic E-state index is 3.81. The topological polar surface area (TPSA) is 12.0 Å². The Hall–Kier alpha value is -1.12. The van der Waals surface area contributed by atoms with Crippen LogP contribution in [-0.2, 0) is 0 Å². The van der Waals surface area contributed by atoms with Crippen LogP contribution in [0, 0.1) is 19.8 Å². The molecular weight excluding hydrogens is 262 g/mol. The lowest BCUT2D eigenvalue weighted by molar-refractivity contribution is 0.379. The molecule has 1 heterocycles. The van der Waals surface area contributed by atoms with E-state index < -0.39 is 0 Å². The second-order valence-electron chi connectivity index (χ2n) is 5.99. The van der Waals surface area contributed by atoms with Crippen molar-refractivity contribution in [2.75, 3.05) is 0 Å². The average molecular weight is 287 g/mol. The van der Waals surface area contributed by atoms with Crippen LogP contribution in [0.4, 0.5) is 0 Å². The fraction of sp³-hybridized carbons (Fsp3) is 0.444. The van der Waals surface area contributed by atoms with Crippen LogP contribution < -0.4 is 5.32 Å². The SMILES string of the molecule is Cc1ccc(C)c(C(C)NC(c2cccs2)C(C)C)c1. The van der Waals surface area contributed by atoms with Crippen molar-refractivity contribution in [3.8, 4) is 0 Å². The van der Waals surface area contributed by atoms with E-state index in [-0.39, 0.29) is 0 Å². The minimum absolute atomic E-state index is 0.365. The molecule has 0 aliphatic rings. The highest BCUT2D eigenvalue weighted by Gasteiger charge is 2.20. The largest absolute Gasteiger partial charge is 0.302 e.